The van der Waals surface area contributed by atoms with Crippen molar-refractivity contribution in [3.63, 3.8) is 0 Å². The molecule has 2 aliphatic rings. The lowest BCUT2D eigenvalue weighted by Crippen LogP contribution is -2.21. The maximum absolute atomic E-state index is 4.37. The third-order valence-corrected chi connectivity index (χ3v) is 5.04. The first-order chi connectivity index (χ1) is 10.7. The number of aromatic nitrogens is 4. The van der Waals surface area contributed by atoms with Crippen molar-refractivity contribution in [2.75, 3.05) is 18.4 Å². The van der Waals surface area contributed by atoms with Gasteiger partial charge in [0.15, 0.2) is 0 Å². The van der Waals surface area contributed by atoms with Crippen LogP contribution in [0.1, 0.15) is 18.4 Å². The first kappa shape index (κ1) is 19.0. The number of rotatable bonds is 3. The van der Waals surface area contributed by atoms with Crippen LogP contribution in [0, 0.1) is 18.8 Å². The predicted molar refractivity (Wildman–Crippen MR) is 100.0 cm³/mol. The number of aryl methyl sites for hydroxylation is 2. The van der Waals surface area contributed by atoms with Crippen LogP contribution in [0.4, 0.5) is 5.82 Å². The van der Waals surface area contributed by atoms with Crippen molar-refractivity contribution in [1.29, 1.82) is 0 Å². The molecule has 3 heterocycles. The van der Waals surface area contributed by atoms with E-state index in [-0.39, 0.29) is 24.8 Å². The Bertz CT molecular complexity index is 640. The Morgan fingerprint density at radius 1 is 1.12 bits per heavy atom. The molecule has 3 atom stereocenters. The molecule has 6 nitrogen and oxygen atoms in total. The molecule has 1 saturated carbocycles. The molecular weight excluding hydrogens is 347 g/mol. The lowest BCUT2D eigenvalue weighted by atomic mass is 10.0. The second kappa shape index (κ2) is 7.68. The largest absolute Gasteiger partial charge is 0.366 e. The fraction of sp³-hybridized carbons (Fsp3) is 0.562. The highest BCUT2D eigenvalue weighted by molar-refractivity contribution is 5.85. The molecule has 1 aliphatic heterocycles. The van der Waals surface area contributed by atoms with Gasteiger partial charge in [-0.3, -0.25) is 4.68 Å². The van der Waals surface area contributed by atoms with E-state index in [0.29, 0.717) is 6.04 Å². The van der Waals surface area contributed by atoms with E-state index in [9.17, 15) is 0 Å². The van der Waals surface area contributed by atoms with Gasteiger partial charge in [0.05, 0.1) is 11.9 Å². The van der Waals surface area contributed by atoms with Gasteiger partial charge in [-0.25, -0.2) is 0 Å². The Balaban J connectivity index is 0.00000104. The van der Waals surface area contributed by atoms with E-state index < -0.39 is 0 Å². The highest BCUT2D eigenvalue weighted by Crippen LogP contribution is 2.35. The van der Waals surface area contributed by atoms with Crippen LogP contribution in [0.2, 0.25) is 0 Å². The molecule has 0 bridgehead atoms. The van der Waals surface area contributed by atoms with Crippen LogP contribution in [-0.4, -0.2) is 39.1 Å². The summed E-state index contributed by atoms with van der Waals surface area (Å²) in [4.78, 5) is 0. The molecule has 8 heteroatoms. The number of nitrogens with one attached hydrogen (secondary N) is 2. The zero-order valence-corrected chi connectivity index (χ0v) is 15.5. The van der Waals surface area contributed by atoms with Crippen molar-refractivity contribution in [2.24, 2.45) is 18.9 Å². The van der Waals surface area contributed by atoms with Crippen LogP contribution >= 0.6 is 24.8 Å². The number of anilines is 1. The number of hydrogen-bond donors (Lipinski definition) is 2. The Labute approximate surface area is 154 Å². The Morgan fingerprint density at radius 2 is 1.83 bits per heavy atom. The maximum atomic E-state index is 4.37. The van der Waals surface area contributed by atoms with Crippen molar-refractivity contribution in [2.45, 2.75) is 25.8 Å². The van der Waals surface area contributed by atoms with Crippen LogP contribution in [0.15, 0.2) is 18.3 Å². The van der Waals surface area contributed by atoms with E-state index in [2.05, 4.69) is 25.9 Å². The molecule has 24 heavy (non-hydrogen) atoms. The second-order valence-corrected chi connectivity index (χ2v) is 6.59. The van der Waals surface area contributed by atoms with Gasteiger partial charge in [-0.05, 0) is 62.4 Å². The molecule has 0 spiro atoms. The van der Waals surface area contributed by atoms with Gasteiger partial charge >= 0.3 is 0 Å². The summed E-state index contributed by atoms with van der Waals surface area (Å²) in [6.07, 6.45) is 4.33. The van der Waals surface area contributed by atoms with Crippen LogP contribution in [0.25, 0.3) is 11.4 Å². The molecular formula is C16H24Cl2N6. The van der Waals surface area contributed by atoms with E-state index in [4.69, 9.17) is 0 Å². The fourth-order valence-corrected chi connectivity index (χ4v) is 3.94. The lowest BCUT2D eigenvalue weighted by Gasteiger charge is -2.14. The minimum absolute atomic E-state index is 0. The number of hydrogen-bond acceptors (Lipinski definition) is 5. The van der Waals surface area contributed by atoms with Gasteiger partial charge in [0.2, 0.25) is 0 Å². The van der Waals surface area contributed by atoms with Gasteiger partial charge in [0.25, 0.3) is 0 Å². The fourth-order valence-electron chi connectivity index (χ4n) is 3.94. The summed E-state index contributed by atoms with van der Waals surface area (Å²) in [5.41, 5.74) is 3.02. The molecule has 2 aromatic rings. The third kappa shape index (κ3) is 3.50. The third-order valence-electron chi connectivity index (χ3n) is 5.04. The van der Waals surface area contributed by atoms with Gasteiger partial charge in [-0.2, -0.15) is 5.10 Å². The van der Waals surface area contributed by atoms with Crippen LogP contribution in [0.3, 0.4) is 0 Å². The average molecular weight is 371 g/mol. The molecule has 2 N–H and O–H groups in total. The molecule has 2 aromatic heterocycles. The predicted octanol–water partition coefficient (Wildman–Crippen LogP) is 2.44. The smallest absolute Gasteiger partial charge is 0.148 e. The molecule has 0 aromatic carbocycles. The normalized spacial score (nSPS) is 24.8. The molecule has 4 rings (SSSR count). The summed E-state index contributed by atoms with van der Waals surface area (Å²) >= 11 is 0. The Morgan fingerprint density at radius 3 is 2.38 bits per heavy atom. The van der Waals surface area contributed by atoms with Gasteiger partial charge in [0.1, 0.15) is 11.5 Å². The Hall–Kier alpha value is -1.37. The van der Waals surface area contributed by atoms with Crippen molar-refractivity contribution in [1.82, 2.24) is 25.3 Å². The lowest BCUT2D eigenvalue weighted by molar-refractivity contribution is 0.494. The van der Waals surface area contributed by atoms with E-state index in [1.807, 2.05) is 37.0 Å². The van der Waals surface area contributed by atoms with Crippen LogP contribution < -0.4 is 10.6 Å². The molecule has 2 fully saturated rings. The van der Waals surface area contributed by atoms with E-state index in [1.54, 1.807) is 0 Å². The Kier molecular flexibility index (Phi) is 6.06. The van der Waals surface area contributed by atoms with Gasteiger partial charge < -0.3 is 10.6 Å². The second-order valence-electron chi connectivity index (χ2n) is 6.59. The van der Waals surface area contributed by atoms with Crippen molar-refractivity contribution in [3.05, 3.63) is 23.9 Å². The molecule has 0 unspecified atom stereocenters. The minimum atomic E-state index is 0. The van der Waals surface area contributed by atoms with Crippen LogP contribution in [0.5, 0.6) is 0 Å². The summed E-state index contributed by atoms with van der Waals surface area (Å²) in [5, 5.41) is 20.0. The summed E-state index contributed by atoms with van der Waals surface area (Å²) < 4.78 is 1.84. The zero-order chi connectivity index (χ0) is 15.1. The molecule has 132 valence electrons. The van der Waals surface area contributed by atoms with E-state index >= 15 is 0 Å². The standard InChI is InChI=1S/C16H22N6.2ClH/c1-10-7-18-22(2)16(10)14-3-4-15(21-20-14)19-13-5-11-8-17-9-12(11)6-13;;/h3-4,7,11-13,17H,5-6,8-9H2,1-2H3,(H,19,21);2*1H/t11-,12+,13-;;. The molecule has 0 amide bonds. The number of halogens is 2. The molecule has 1 aliphatic carbocycles. The van der Waals surface area contributed by atoms with Gasteiger partial charge in [0, 0.05) is 13.1 Å². The highest BCUT2D eigenvalue weighted by Gasteiger charge is 2.37. The minimum Gasteiger partial charge on any atom is -0.366 e. The monoisotopic (exact) mass is 370 g/mol. The van der Waals surface area contributed by atoms with E-state index in [1.165, 1.54) is 25.9 Å². The quantitative estimate of drug-likeness (QED) is 0.868. The van der Waals surface area contributed by atoms with Crippen molar-refractivity contribution >= 4 is 30.6 Å². The summed E-state index contributed by atoms with van der Waals surface area (Å²) in [7, 11) is 1.93. The number of fused-ring (bicyclic) bond motifs is 1. The average Bonchev–Trinajstić information content (AvgIpc) is 3.16. The van der Waals surface area contributed by atoms with Gasteiger partial charge in [-0.15, -0.1) is 35.0 Å². The van der Waals surface area contributed by atoms with Crippen LogP contribution in [-0.2, 0) is 7.05 Å². The first-order valence-electron chi connectivity index (χ1n) is 8.00. The van der Waals surface area contributed by atoms with Crippen molar-refractivity contribution in [3.8, 4) is 11.4 Å². The first-order valence-corrected chi connectivity index (χ1v) is 8.00. The van der Waals surface area contributed by atoms with Gasteiger partial charge in [-0.1, -0.05) is 0 Å². The highest BCUT2D eigenvalue weighted by atomic mass is 35.5. The zero-order valence-electron chi connectivity index (χ0n) is 13.9. The van der Waals surface area contributed by atoms with Crippen molar-refractivity contribution < 1.29 is 0 Å². The topological polar surface area (TPSA) is 67.7 Å². The molecule has 0 radical (unpaired) electrons. The SMILES string of the molecule is Cc1cnn(C)c1-c1ccc(N[C@H]2C[C@H]3CNC[C@H]3C2)nn1.Cl.Cl. The number of nitrogens with zero attached hydrogens (tertiary/aromatic N) is 4. The summed E-state index contributed by atoms with van der Waals surface area (Å²) in [6, 6.07) is 4.59. The molecule has 1 saturated heterocycles. The van der Waals surface area contributed by atoms with E-state index in [0.717, 1.165) is 34.6 Å². The maximum Gasteiger partial charge on any atom is 0.148 e. The summed E-state index contributed by atoms with van der Waals surface area (Å²) in [5.74, 6) is 2.55. The summed E-state index contributed by atoms with van der Waals surface area (Å²) in [6.45, 7) is 4.39.